The molecule has 0 heterocycles. The number of rotatable bonds is 10. The average molecular weight is 717 g/mol. The maximum absolute atomic E-state index is 15.2. The summed E-state index contributed by atoms with van der Waals surface area (Å²) in [7, 11) is 0. The summed E-state index contributed by atoms with van der Waals surface area (Å²) in [5.41, 5.74) is -5.41. The number of hydrogen-bond donors (Lipinski definition) is 1. The molecule has 0 aromatic heterocycles. The average Bonchev–Trinajstić information content (AvgIpc) is 3.51. The SMILES string of the molecule is CC(SC(F)(F)F)C(=O)Cc1c(F)ccc(CC(=O)c2cc(NC(=O)[C@H]3[C@H](c4ccc(F)c(Cl)c4)C3(Cl)Cl)ccc2Cl)c1F. The maximum atomic E-state index is 15.2. The molecule has 15 heteroatoms. The van der Waals surface area contributed by atoms with Gasteiger partial charge in [0.05, 0.1) is 21.2 Å². The van der Waals surface area contributed by atoms with Crippen molar-refractivity contribution >= 4 is 81.3 Å². The van der Waals surface area contributed by atoms with Gasteiger partial charge >= 0.3 is 5.51 Å². The van der Waals surface area contributed by atoms with Crippen LogP contribution in [0.5, 0.6) is 0 Å². The summed E-state index contributed by atoms with van der Waals surface area (Å²) >= 11 is 24.1. The molecule has 0 bridgehead atoms. The first-order chi connectivity index (χ1) is 20.4. The highest BCUT2D eigenvalue weighted by atomic mass is 35.5. The number of carbonyl (C=O) groups excluding carboxylic acids is 3. The molecule has 0 saturated heterocycles. The summed E-state index contributed by atoms with van der Waals surface area (Å²) in [5, 5.41) is 0.733. The molecule has 3 aromatic rings. The van der Waals surface area contributed by atoms with Crippen molar-refractivity contribution in [2.75, 3.05) is 5.32 Å². The van der Waals surface area contributed by atoms with E-state index in [4.69, 9.17) is 46.4 Å². The van der Waals surface area contributed by atoms with Crippen molar-refractivity contribution in [3.05, 3.63) is 98.3 Å². The first kappa shape index (κ1) is 34.4. The van der Waals surface area contributed by atoms with Crippen LogP contribution in [-0.2, 0) is 22.4 Å². The van der Waals surface area contributed by atoms with Crippen molar-refractivity contribution < 1.29 is 40.7 Å². The fourth-order valence-corrected chi connectivity index (χ4v) is 6.46. The van der Waals surface area contributed by atoms with E-state index in [-0.39, 0.29) is 26.9 Å². The van der Waals surface area contributed by atoms with E-state index in [9.17, 15) is 36.3 Å². The molecule has 1 unspecified atom stereocenters. The van der Waals surface area contributed by atoms with E-state index in [0.29, 0.717) is 5.56 Å². The summed E-state index contributed by atoms with van der Waals surface area (Å²) in [4.78, 5) is 38.4. The summed E-state index contributed by atoms with van der Waals surface area (Å²) in [6.45, 7) is 0.972. The molecule has 1 aliphatic rings. The topological polar surface area (TPSA) is 63.2 Å². The molecular weight excluding hydrogens is 698 g/mol. The Kier molecular flexibility index (Phi) is 10.3. The van der Waals surface area contributed by atoms with Gasteiger partial charge in [-0.1, -0.05) is 35.3 Å². The quantitative estimate of drug-likeness (QED) is 0.129. The van der Waals surface area contributed by atoms with Crippen LogP contribution in [0.3, 0.4) is 0 Å². The van der Waals surface area contributed by atoms with Crippen molar-refractivity contribution in [3.8, 4) is 0 Å². The second-order valence-electron chi connectivity index (χ2n) is 9.94. The van der Waals surface area contributed by atoms with Crippen molar-refractivity contribution in [2.24, 2.45) is 5.92 Å². The van der Waals surface area contributed by atoms with Crippen molar-refractivity contribution in [2.45, 2.75) is 40.8 Å². The number of ketones is 2. The molecule has 1 fully saturated rings. The Bertz CT molecular complexity index is 1650. The van der Waals surface area contributed by atoms with Crippen LogP contribution in [-0.4, -0.2) is 32.6 Å². The molecule has 3 atom stereocenters. The normalized spacial score (nSPS) is 18.1. The molecule has 1 aliphatic carbocycles. The second-order valence-corrected chi connectivity index (χ2v) is 13.6. The zero-order valence-corrected chi connectivity index (χ0v) is 26.0. The van der Waals surface area contributed by atoms with Gasteiger partial charge in [-0.2, -0.15) is 13.2 Å². The van der Waals surface area contributed by atoms with Crippen LogP contribution >= 0.6 is 58.2 Å². The van der Waals surface area contributed by atoms with E-state index in [0.717, 1.165) is 25.1 Å². The number of hydrogen-bond acceptors (Lipinski definition) is 4. The molecule has 0 spiro atoms. The molecular formula is C29H19Cl4F6NO3S. The second kappa shape index (κ2) is 13.1. The Morgan fingerprint density at radius 2 is 1.59 bits per heavy atom. The van der Waals surface area contributed by atoms with Crippen LogP contribution in [0.15, 0.2) is 48.5 Å². The number of thioether (sulfide) groups is 1. The molecule has 1 amide bonds. The third-order valence-electron chi connectivity index (χ3n) is 6.90. The number of alkyl halides is 5. The van der Waals surface area contributed by atoms with Crippen LogP contribution in [0.25, 0.3) is 0 Å². The minimum atomic E-state index is -4.72. The molecule has 1 N–H and O–H groups in total. The molecule has 1 saturated carbocycles. The fraction of sp³-hybridized carbons (Fsp3) is 0.276. The molecule has 4 rings (SSSR count). The van der Waals surface area contributed by atoms with Gasteiger partial charge in [0.15, 0.2) is 5.78 Å². The van der Waals surface area contributed by atoms with Gasteiger partial charge in [-0.25, -0.2) is 13.2 Å². The Labute approximate surface area is 271 Å². The van der Waals surface area contributed by atoms with Gasteiger partial charge in [0.2, 0.25) is 5.91 Å². The predicted octanol–water partition coefficient (Wildman–Crippen LogP) is 9.12. The van der Waals surface area contributed by atoms with Crippen LogP contribution < -0.4 is 5.32 Å². The zero-order chi connectivity index (χ0) is 32.7. The van der Waals surface area contributed by atoms with Crippen molar-refractivity contribution in [1.82, 2.24) is 0 Å². The van der Waals surface area contributed by atoms with E-state index in [1.807, 2.05) is 0 Å². The summed E-state index contributed by atoms with van der Waals surface area (Å²) in [5.74, 6) is -7.18. The van der Waals surface area contributed by atoms with Gasteiger partial charge in [0.25, 0.3) is 0 Å². The number of Topliss-reactive ketones (excluding diaryl/α,β-unsaturated/α-hetero) is 2. The van der Waals surface area contributed by atoms with Crippen LogP contribution in [0.1, 0.15) is 39.9 Å². The first-order valence-electron chi connectivity index (χ1n) is 12.6. The maximum Gasteiger partial charge on any atom is 0.442 e. The molecule has 0 radical (unpaired) electrons. The highest BCUT2D eigenvalue weighted by Crippen LogP contribution is 2.65. The van der Waals surface area contributed by atoms with E-state index < -0.39 is 92.0 Å². The van der Waals surface area contributed by atoms with Crippen LogP contribution in [0, 0.1) is 23.4 Å². The Morgan fingerprint density at radius 1 is 0.932 bits per heavy atom. The minimum Gasteiger partial charge on any atom is -0.326 e. The minimum absolute atomic E-state index is 0.0572. The lowest BCUT2D eigenvalue weighted by Crippen LogP contribution is -2.22. The number of benzene rings is 3. The zero-order valence-electron chi connectivity index (χ0n) is 22.2. The summed E-state index contributed by atoms with van der Waals surface area (Å²) < 4.78 is 79.5. The predicted molar refractivity (Wildman–Crippen MR) is 158 cm³/mol. The molecule has 3 aromatic carbocycles. The lowest BCUT2D eigenvalue weighted by molar-refractivity contribution is -0.118. The summed E-state index contributed by atoms with van der Waals surface area (Å²) in [6.07, 6.45) is -1.61. The number of anilines is 1. The monoisotopic (exact) mass is 715 g/mol. The smallest absolute Gasteiger partial charge is 0.326 e. The number of halogens is 10. The highest BCUT2D eigenvalue weighted by Gasteiger charge is 2.67. The van der Waals surface area contributed by atoms with Gasteiger partial charge in [0.1, 0.15) is 27.6 Å². The number of amides is 1. The third kappa shape index (κ3) is 7.67. The van der Waals surface area contributed by atoms with E-state index in [1.165, 1.54) is 30.3 Å². The Hall–Kier alpha value is -2.44. The van der Waals surface area contributed by atoms with Crippen molar-refractivity contribution in [3.63, 3.8) is 0 Å². The third-order valence-corrected chi connectivity index (χ3v) is 9.35. The van der Waals surface area contributed by atoms with Crippen LogP contribution in [0.2, 0.25) is 10.0 Å². The van der Waals surface area contributed by atoms with E-state index in [2.05, 4.69) is 5.32 Å². The molecule has 4 nitrogen and oxygen atoms in total. The molecule has 234 valence electrons. The lowest BCUT2D eigenvalue weighted by Gasteiger charge is -2.14. The molecule has 0 aliphatic heterocycles. The van der Waals surface area contributed by atoms with Crippen LogP contribution in [0.4, 0.5) is 32.0 Å². The van der Waals surface area contributed by atoms with Gasteiger partial charge in [0, 0.05) is 35.6 Å². The molecule has 44 heavy (non-hydrogen) atoms. The van der Waals surface area contributed by atoms with Crippen molar-refractivity contribution in [1.29, 1.82) is 0 Å². The van der Waals surface area contributed by atoms with E-state index in [1.54, 1.807) is 0 Å². The van der Waals surface area contributed by atoms with E-state index >= 15 is 4.39 Å². The standard InChI is InChI=1S/C29H19Cl4F6NO3S/c1-12(44-29(37,38)39)22(41)11-17-20(34)6-3-14(26(17)36)9-23(42)16-10-15(4-5-18(16)30)40-27(43)25-24(28(25,32)33)13-2-7-21(35)19(31)8-13/h2-8,10,12,24-25H,9,11H2,1H3,(H,40,43)/t12?,24-,25+/m0/s1. The number of carbonyl (C=O) groups is 3. The van der Waals surface area contributed by atoms with Gasteiger partial charge < -0.3 is 5.32 Å². The fourth-order valence-electron chi connectivity index (χ4n) is 4.61. The Balaban J connectivity index is 1.49. The highest BCUT2D eigenvalue weighted by molar-refractivity contribution is 8.01. The Morgan fingerprint density at radius 3 is 2.23 bits per heavy atom. The van der Waals surface area contributed by atoms with Gasteiger partial charge in [-0.05, 0) is 66.2 Å². The van der Waals surface area contributed by atoms with Gasteiger partial charge in [-0.15, -0.1) is 23.2 Å². The van der Waals surface area contributed by atoms with Gasteiger partial charge in [-0.3, -0.25) is 14.4 Å². The summed E-state index contributed by atoms with van der Waals surface area (Å²) in [6, 6.07) is 9.51. The first-order valence-corrected chi connectivity index (χ1v) is 15.0. The largest absolute Gasteiger partial charge is 0.442 e. The lowest BCUT2D eigenvalue weighted by atomic mass is 9.97. The number of nitrogens with one attached hydrogen (secondary N) is 1.